The molecule has 0 amide bonds. The summed E-state index contributed by atoms with van der Waals surface area (Å²) in [4.78, 5) is 14.5. The summed E-state index contributed by atoms with van der Waals surface area (Å²) in [6.07, 6.45) is 2.23. The van der Waals surface area contributed by atoms with Gasteiger partial charge in [-0.3, -0.25) is 9.69 Å². The van der Waals surface area contributed by atoms with Gasteiger partial charge in [0.25, 0.3) is 0 Å². The lowest BCUT2D eigenvalue weighted by Crippen LogP contribution is -2.33. The lowest BCUT2D eigenvalue weighted by Gasteiger charge is -2.26. The van der Waals surface area contributed by atoms with E-state index in [1.54, 1.807) is 0 Å². The Balaban J connectivity index is 1.84. The molecule has 0 aromatic heterocycles. The van der Waals surface area contributed by atoms with Gasteiger partial charge in [0.1, 0.15) is 0 Å². The highest BCUT2D eigenvalue weighted by molar-refractivity contribution is 5.97. The van der Waals surface area contributed by atoms with Crippen LogP contribution in [0.25, 0.3) is 0 Å². The molecule has 1 saturated heterocycles. The van der Waals surface area contributed by atoms with Crippen LogP contribution in [-0.2, 0) is 4.74 Å². The van der Waals surface area contributed by atoms with Crippen molar-refractivity contribution in [3.63, 3.8) is 0 Å². The predicted molar refractivity (Wildman–Crippen MR) is 85.9 cm³/mol. The molecule has 1 heterocycles. The average molecular weight is 289 g/mol. The Hall–Kier alpha value is -1.19. The van der Waals surface area contributed by atoms with Gasteiger partial charge in [0.15, 0.2) is 5.78 Å². The monoisotopic (exact) mass is 289 g/mol. The molecule has 21 heavy (non-hydrogen) atoms. The maximum absolute atomic E-state index is 12.3. The highest BCUT2D eigenvalue weighted by Gasteiger charge is 2.17. The minimum Gasteiger partial charge on any atom is -0.381 e. The molecule has 0 unspecified atom stereocenters. The zero-order valence-corrected chi connectivity index (χ0v) is 13.5. The summed E-state index contributed by atoms with van der Waals surface area (Å²) >= 11 is 0. The minimum absolute atomic E-state index is 0.208. The van der Waals surface area contributed by atoms with Gasteiger partial charge >= 0.3 is 0 Å². The fourth-order valence-corrected chi connectivity index (χ4v) is 2.82. The first-order chi connectivity index (χ1) is 10.1. The van der Waals surface area contributed by atoms with E-state index in [1.807, 2.05) is 19.2 Å². The number of hydrogen-bond acceptors (Lipinski definition) is 3. The van der Waals surface area contributed by atoms with Gasteiger partial charge in [-0.05, 0) is 37.3 Å². The molecule has 1 aromatic carbocycles. The van der Waals surface area contributed by atoms with Gasteiger partial charge in [0, 0.05) is 25.3 Å². The van der Waals surface area contributed by atoms with Gasteiger partial charge in [-0.25, -0.2) is 0 Å². The molecule has 0 atom stereocenters. The first-order valence-electron chi connectivity index (χ1n) is 7.95. The van der Waals surface area contributed by atoms with Gasteiger partial charge in [0.2, 0.25) is 0 Å². The number of carbonyl (C=O) groups excluding carboxylic acids is 1. The van der Waals surface area contributed by atoms with E-state index in [0.717, 1.165) is 38.2 Å². The highest BCUT2D eigenvalue weighted by Crippen LogP contribution is 2.17. The Morgan fingerprint density at radius 2 is 1.86 bits per heavy atom. The molecule has 0 aliphatic carbocycles. The van der Waals surface area contributed by atoms with Crippen molar-refractivity contribution in [1.29, 1.82) is 0 Å². The quantitative estimate of drug-likeness (QED) is 0.752. The van der Waals surface area contributed by atoms with Crippen LogP contribution in [0.3, 0.4) is 0 Å². The number of likely N-dealkylation sites (N-methyl/N-ethyl adjacent to an activating group) is 1. The van der Waals surface area contributed by atoms with Crippen molar-refractivity contribution in [3.05, 3.63) is 35.4 Å². The van der Waals surface area contributed by atoms with Crippen molar-refractivity contribution in [2.45, 2.75) is 32.6 Å². The molecule has 1 aliphatic rings. The van der Waals surface area contributed by atoms with Crippen molar-refractivity contribution in [3.8, 4) is 0 Å². The van der Waals surface area contributed by atoms with Crippen LogP contribution >= 0.6 is 0 Å². The normalized spacial score (nSPS) is 16.6. The third-order valence-electron chi connectivity index (χ3n) is 4.22. The maximum atomic E-state index is 12.3. The standard InChI is InChI=1S/C18H27NO2/c1-14(2)16-4-6-17(7-5-16)18(20)13-19(3)12-15-8-10-21-11-9-15/h4-7,14-15H,8-13H2,1-3H3. The number of nitrogens with zero attached hydrogens (tertiary/aromatic N) is 1. The number of benzene rings is 1. The van der Waals surface area contributed by atoms with E-state index in [1.165, 1.54) is 5.56 Å². The fourth-order valence-electron chi connectivity index (χ4n) is 2.82. The van der Waals surface area contributed by atoms with Crippen molar-refractivity contribution in [1.82, 2.24) is 4.90 Å². The molecule has 1 fully saturated rings. The zero-order valence-electron chi connectivity index (χ0n) is 13.5. The number of ketones is 1. The van der Waals surface area contributed by atoms with Crippen LogP contribution in [0.1, 0.15) is 48.5 Å². The molecule has 0 saturated carbocycles. The summed E-state index contributed by atoms with van der Waals surface area (Å²) < 4.78 is 5.38. The summed E-state index contributed by atoms with van der Waals surface area (Å²) in [5, 5.41) is 0. The van der Waals surface area contributed by atoms with E-state index >= 15 is 0 Å². The predicted octanol–water partition coefficient (Wildman–Crippen LogP) is 3.35. The third-order valence-corrected chi connectivity index (χ3v) is 4.22. The first-order valence-corrected chi connectivity index (χ1v) is 7.95. The summed E-state index contributed by atoms with van der Waals surface area (Å²) in [6.45, 7) is 7.54. The lowest BCUT2D eigenvalue weighted by molar-refractivity contribution is 0.0549. The largest absolute Gasteiger partial charge is 0.381 e. The van der Waals surface area contributed by atoms with Gasteiger partial charge in [-0.1, -0.05) is 38.1 Å². The van der Waals surface area contributed by atoms with E-state index in [9.17, 15) is 4.79 Å². The molecule has 0 radical (unpaired) electrons. The zero-order chi connectivity index (χ0) is 15.2. The minimum atomic E-state index is 0.208. The van der Waals surface area contributed by atoms with Crippen LogP contribution in [0.5, 0.6) is 0 Å². The Morgan fingerprint density at radius 1 is 1.24 bits per heavy atom. The smallest absolute Gasteiger partial charge is 0.176 e. The van der Waals surface area contributed by atoms with Gasteiger partial charge in [-0.15, -0.1) is 0 Å². The van der Waals surface area contributed by atoms with Crippen LogP contribution in [0.4, 0.5) is 0 Å². The lowest BCUT2D eigenvalue weighted by atomic mass is 9.99. The van der Waals surface area contributed by atoms with Gasteiger partial charge in [0.05, 0.1) is 6.54 Å². The summed E-state index contributed by atoms with van der Waals surface area (Å²) in [5.74, 6) is 1.38. The molecular weight excluding hydrogens is 262 g/mol. The average Bonchev–Trinajstić information content (AvgIpc) is 2.48. The number of Topliss-reactive ketones (excluding diaryl/α,β-unsaturated/α-hetero) is 1. The van der Waals surface area contributed by atoms with Crippen molar-refractivity contribution >= 4 is 5.78 Å². The second-order valence-electron chi connectivity index (χ2n) is 6.45. The molecule has 0 spiro atoms. The molecule has 1 aromatic rings. The third kappa shape index (κ3) is 4.94. The van der Waals surface area contributed by atoms with Gasteiger partial charge in [-0.2, -0.15) is 0 Å². The SMILES string of the molecule is CC(C)c1ccc(C(=O)CN(C)CC2CCOCC2)cc1. The molecule has 0 N–H and O–H groups in total. The topological polar surface area (TPSA) is 29.5 Å². The molecule has 2 rings (SSSR count). The summed E-state index contributed by atoms with van der Waals surface area (Å²) in [7, 11) is 2.04. The molecule has 0 bridgehead atoms. The number of ether oxygens (including phenoxy) is 1. The number of carbonyl (C=O) groups is 1. The Bertz CT molecular complexity index is 447. The first kappa shape index (κ1) is 16.2. The molecule has 1 aliphatic heterocycles. The van der Waals surface area contributed by atoms with E-state index < -0.39 is 0 Å². The van der Waals surface area contributed by atoms with Crippen molar-refractivity contribution < 1.29 is 9.53 Å². The fraction of sp³-hybridized carbons (Fsp3) is 0.611. The summed E-state index contributed by atoms with van der Waals surface area (Å²) in [6, 6.07) is 8.05. The Kier molecular flexibility index (Phi) is 5.95. The highest BCUT2D eigenvalue weighted by atomic mass is 16.5. The number of rotatable bonds is 6. The Labute approximate surface area is 128 Å². The maximum Gasteiger partial charge on any atom is 0.176 e. The van der Waals surface area contributed by atoms with Crippen LogP contribution in [0, 0.1) is 5.92 Å². The van der Waals surface area contributed by atoms with Crippen LogP contribution < -0.4 is 0 Å². The molecular formula is C18H27NO2. The molecule has 3 heteroatoms. The van der Waals surface area contributed by atoms with Crippen molar-refractivity contribution in [2.75, 3.05) is 33.4 Å². The van der Waals surface area contributed by atoms with Crippen LogP contribution in [0.15, 0.2) is 24.3 Å². The van der Waals surface area contributed by atoms with E-state index in [4.69, 9.17) is 4.74 Å². The van der Waals surface area contributed by atoms with E-state index in [2.05, 4.69) is 30.9 Å². The van der Waals surface area contributed by atoms with E-state index in [0.29, 0.717) is 18.4 Å². The second kappa shape index (κ2) is 7.71. The van der Waals surface area contributed by atoms with E-state index in [-0.39, 0.29) is 5.78 Å². The van der Waals surface area contributed by atoms with Crippen molar-refractivity contribution in [2.24, 2.45) is 5.92 Å². The van der Waals surface area contributed by atoms with Crippen LogP contribution in [0.2, 0.25) is 0 Å². The van der Waals surface area contributed by atoms with Gasteiger partial charge < -0.3 is 4.74 Å². The number of hydrogen-bond donors (Lipinski definition) is 0. The summed E-state index contributed by atoms with van der Waals surface area (Å²) in [5.41, 5.74) is 2.10. The Morgan fingerprint density at radius 3 is 2.43 bits per heavy atom. The molecule has 116 valence electrons. The van der Waals surface area contributed by atoms with Crippen LogP contribution in [-0.4, -0.2) is 44.0 Å². The second-order valence-corrected chi connectivity index (χ2v) is 6.45. The molecule has 3 nitrogen and oxygen atoms in total.